The van der Waals surface area contributed by atoms with Crippen LogP contribution in [0.3, 0.4) is 0 Å². The van der Waals surface area contributed by atoms with Crippen molar-refractivity contribution in [1.29, 1.82) is 0 Å². The Kier molecular flexibility index (Phi) is 3.52. The third kappa shape index (κ3) is 2.29. The van der Waals surface area contributed by atoms with Crippen molar-refractivity contribution in [2.75, 3.05) is 11.4 Å². The Labute approximate surface area is 104 Å². The molecule has 0 aliphatic heterocycles. The van der Waals surface area contributed by atoms with E-state index in [1.54, 1.807) is 24.5 Å². The average Bonchev–Trinajstić information content (AvgIpc) is 2.41. The van der Waals surface area contributed by atoms with E-state index in [0.717, 1.165) is 5.69 Å². The third-order valence-electron chi connectivity index (χ3n) is 2.59. The summed E-state index contributed by atoms with van der Waals surface area (Å²) in [5.74, 6) is -0.314. The fourth-order valence-electron chi connectivity index (χ4n) is 1.70. The number of aromatic nitrogens is 2. The molecule has 2 heterocycles. The first-order valence-electron chi connectivity index (χ1n) is 5.63. The molecule has 0 aliphatic rings. The van der Waals surface area contributed by atoms with Crippen LogP contribution in [-0.4, -0.2) is 22.4 Å². The van der Waals surface area contributed by atoms with E-state index in [9.17, 15) is 9.59 Å². The molecule has 0 radical (unpaired) electrons. The van der Waals surface area contributed by atoms with Crippen LogP contribution in [0.2, 0.25) is 0 Å². The van der Waals surface area contributed by atoms with Gasteiger partial charge >= 0.3 is 0 Å². The lowest BCUT2D eigenvalue weighted by molar-refractivity contribution is 0.0987. The molecule has 0 spiro atoms. The maximum atomic E-state index is 12.3. The summed E-state index contributed by atoms with van der Waals surface area (Å²) in [5.41, 5.74) is 0.572. The molecule has 1 amide bonds. The van der Waals surface area contributed by atoms with E-state index < -0.39 is 0 Å². The van der Waals surface area contributed by atoms with Gasteiger partial charge in [0.05, 0.1) is 0 Å². The van der Waals surface area contributed by atoms with Crippen molar-refractivity contribution >= 4 is 11.6 Å². The van der Waals surface area contributed by atoms with Gasteiger partial charge in [0.25, 0.3) is 5.91 Å². The number of anilines is 1. The van der Waals surface area contributed by atoms with Gasteiger partial charge in [-0.1, -0.05) is 0 Å². The quantitative estimate of drug-likeness (QED) is 0.887. The molecule has 0 aromatic carbocycles. The van der Waals surface area contributed by atoms with E-state index in [-0.39, 0.29) is 16.9 Å². The lowest BCUT2D eigenvalue weighted by atomic mass is 10.2. The summed E-state index contributed by atoms with van der Waals surface area (Å²) < 4.78 is 0. The number of hydrogen-bond acceptors (Lipinski definition) is 3. The fraction of sp³-hybridized carbons (Fsp3) is 0.154. The van der Waals surface area contributed by atoms with E-state index in [1.165, 1.54) is 23.4 Å². The second kappa shape index (κ2) is 5.27. The zero-order chi connectivity index (χ0) is 13.0. The van der Waals surface area contributed by atoms with E-state index in [2.05, 4.69) is 9.97 Å². The highest BCUT2D eigenvalue weighted by atomic mass is 16.2. The number of carbonyl (C=O) groups excluding carboxylic acids is 1. The number of H-pyrrole nitrogens is 1. The minimum atomic E-state index is -0.314. The van der Waals surface area contributed by atoms with Gasteiger partial charge < -0.3 is 9.88 Å². The van der Waals surface area contributed by atoms with Gasteiger partial charge in [0.15, 0.2) is 5.43 Å². The number of nitrogens with one attached hydrogen (secondary N) is 1. The van der Waals surface area contributed by atoms with Crippen LogP contribution in [0.15, 0.2) is 47.8 Å². The zero-order valence-electron chi connectivity index (χ0n) is 9.96. The van der Waals surface area contributed by atoms with Gasteiger partial charge in [-0.3, -0.25) is 14.6 Å². The van der Waals surface area contributed by atoms with Gasteiger partial charge in [-0.25, -0.2) is 0 Å². The van der Waals surface area contributed by atoms with Crippen molar-refractivity contribution in [3.63, 3.8) is 0 Å². The van der Waals surface area contributed by atoms with E-state index >= 15 is 0 Å². The normalized spacial score (nSPS) is 10.1. The smallest absolute Gasteiger partial charge is 0.263 e. The lowest BCUT2D eigenvalue weighted by Crippen LogP contribution is -2.34. The van der Waals surface area contributed by atoms with Crippen molar-refractivity contribution in [3.8, 4) is 0 Å². The van der Waals surface area contributed by atoms with E-state index in [0.29, 0.717) is 6.54 Å². The number of rotatable bonds is 3. The highest BCUT2D eigenvalue weighted by molar-refractivity contribution is 6.05. The lowest BCUT2D eigenvalue weighted by Gasteiger charge is -2.20. The Balaban J connectivity index is 2.38. The summed E-state index contributed by atoms with van der Waals surface area (Å²) >= 11 is 0. The first-order valence-corrected chi connectivity index (χ1v) is 5.63. The molecular formula is C13H13N3O2. The monoisotopic (exact) mass is 243 g/mol. The second-order valence-corrected chi connectivity index (χ2v) is 3.68. The van der Waals surface area contributed by atoms with E-state index in [4.69, 9.17) is 0 Å². The van der Waals surface area contributed by atoms with E-state index in [1.807, 2.05) is 6.92 Å². The molecule has 5 heteroatoms. The maximum absolute atomic E-state index is 12.3. The molecule has 0 saturated carbocycles. The van der Waals surface area contributed by atoms with Gasteiger partial charge in [0, 0.05) is 43.1 Å². The highest BCUT2D eigenvalue weighted by Gasteiger charge is 2.18. The van der Waals surface area contributed by atoms with Crippen LogP contribution in [0.4, 0.5) is 5.69 Å². The number of carbonyl (C=O) groups is 1. The van der Waals surface area contributed by atoms with Crippen LogP contribution in [-0.2, 0) is 0 Å². The SMILES string of the molecule is CCN(C(=O)c1c[nH]ccc1=O)c1ccncc1. The minimum Gasteiger partial charge on any atom is -0.367 e. The van der Waals surface area contributed by atoms with Crippen molar-refractivity contribution in [1.82, 2.24) is 9.97 Å². The Morgan fingerprint density at radius 3 is 2.67 bits per heavy atom. The largest absolute Gasteiger partial charge is 0.367 e. The predicted octanol–water partition coefficient (Wildman–Crippen LogP) is 1.44. The van der Waals surface area contributed by atoms with Crippen LogP contribution in [0, 0.1) is 0 Å². The Morgan fingerprint density at radius 2 is 2.06 bits per heavy atom. The maximum Gasteiger partial charge on any atom is 0.263 e. The molecule has 0 aliphatic carbocycles. The Bertz CT molecular complexity index is 592. The van der Waals surface area contributed by atoms with Crippen molar-refractivity contribution in [2.45, 2.75) is 6.92 Å². The molecule has 5 nitrogen and oxygen atoms in total. The second-order valence-electron chi connectivity index (χ2n) is 3.68. The standard InChI is InChI=1S/C13H13N3O2/c1-2-16(10-3-6-14-7-4-10)13(18)11-9-15-8-5-12(11)17/h3-9H,2H2,1H3,(H,15,17). The molecule has 0 bridgehead atoms. The van der Waals surface area contributed by atoms with Gasteiger partial charge in [-0.15, -0.1) is 0 Å². The van der Waals surface area contributed by atoms with Crippen LogP contribution < -0.4 is 10.3 Å². The molecule has 92 valence electrons. The van der Waals surface area contributed by atoms with Gasteiger partial charge in [-0.05, 0) is 19.1 Å². The van der Waals surface area contributed by atoms with Crippen LogP contribution in [0.5, 0.6) is 0 Å². The molecule has 0 unspecified atom stereocenters. The van der Waals surface area contributed by atoms with Crippen LogP contribution in [0.1, 0.15) is 17.3 Å². The summed E-state index contributed by atoms with van der Waals surface area (Å²) in [5, 5.41) is 0. The van der Waals surface area contributed by atoms with Crippen molar-refractivity contribution in [2.24, 2.45) is 0 Å². The molecule has 18 heavy (non-hydrogen) atoms. The van der Waals surface area contributed by atoms with Crippen molar-refractivity contribution < 1.29 is 4.79 Å². The van der Waals surface area contributed by atoms with Gasteiger partial charge in [0.2, 0.25) is 0 Å². The Hall–Kier alpha value is -2.43. The molecule has 2 rings (SSSR count). The minimum absolute atomic E-state index is 0.135. The highest BCUT2D eigenvalue weighted by Crippen LogP contribution is 2.13. The molecule has 0 saturated heterocycles. The summed E-state index contributed by atoms with van der Waals surface area (Å²) in [6.07, 6.45) is 6.15. The number of nitrogens with zero attached hydrogens (tertiary/aromatic N) is 2. The molecule has 0 fully saturated rings. The molecule has 1 N–H and O–H groups in total. The topological polar surface area (TPSA) is 66.1 Å². The van der Waals surface area contributed by atoms with Gasteiger partial charge in [0.1, 0.15) is 5.56 Å². The summed E-state index contributed by atoms with van der Waals surface area (Å²) in [6.45, 7) is 2.34. The summed E-state index contributed by atoms with van der Waals surface area (Å²) in [7, 11) is 0. The molecule has 2 aromatic rings. The van der Waals surface area contributed by atoms with Crippen LogP contribution >= 0.6 is 0 Å². The molecule has 0 atom stereocenters. The number of aromatic amines is 1. The number of amides is 1. The first-order chi connectivity index (χ1) is 8.74. The first kappa shape index (κ1) is 12.0. The Morgan fingerprint density at radius 1 is 1.33 bits per heavy atom. The third-order valence-corrected chi connectivity index (χ3v) is 2.59. The van der Waals surface area contributed by atoms with Gasteiger partial charge in [-0.2, -0.15) is 0 Å². The summed E-state index contributed by atoms with van der Waals surface area (Å²) in [4.78, 5) is 32.1. The molecular weight excluding hydrogens is 230 g/mol. The zero-order valence-corrected chi connectivity index (χ0v) is 9.96. The number of hydrogen-bond donors (Lipinski definition) is 1. The number of pyridine rings is 2. The molecule has 2 aromatic heterocycles. The predicted molar refractivity (Wildman–Crippen MR) is 68.7 cm³/mol. The fourth-order valence-corrected chi connectivity index (χ4v) is 1.70. The average molecular weight is 243 g/mol. The van der Waals surface area contributed by atoms with Crippen molar-refractivity contribution in [3.05, 3.63) is 58.8 Å². The summed E-state index contributed by atoms with van der Waals surface area (Å²) in [6, 6.07) is 4.81. The van der Waals surface area contributed by atoms with Crippen LogP contribution in [0.25, 0.3) is 0 Å².